The van der Waals surface area contributed by atoms with E-state index in [1.54, 1.807) is 48.5 Å². The van der Waals surface area contributed by atoms with Gasteiger partial charge in [0.25, 0.3) is 0 Å². The highest BCUT2D eigenvalue weighted by Gasteiger charge is 2.34. The van der Waals surface area contributed by atoms with E-state index >= 15 is 0 Å². The van der Waals surface area contributed by atoms with Crippen LogP contribution in [0, 0.1) is 0 Å². The first-order valence-corrected chi connectivity index (χ1v) is 16.3. The van der Waals surface area contributed by atoms with Crippen LogP contribution in [0.5, 0.6) is 0 Å². The number of sulfonamides is 1. The Morgan fingerprint density at radius 3 is 2.02 bits per heavy atom. The number of nitrogens with zero attached hydrogens (tertiary/aromatic N) is 2. The second kappa shape index (κ2) is 14.2. The SMILES string of the molecule is CS(=O)(=O)N(CC(=O)N(Cc1ccc(Cl)cc1)[C@H](Cc1ccccc1)C(=O)NC1CCCCC1)c1ccc(Cl)cc1. The van der Waals surface area contributed by atoms with Crippen LogP contribution in [0.3, 0.4) is 0 Å². The monoisotopic (exact) mass is 615 g/mol. The van der Waals surface area contributed by atoms with Crippen LogP contribution in [0.4, 0.5) is 5.69 Å². The zero-order valence-electron chi connectivity index (χ0n) is 23.0. The molecule has 1 aliphatic carbocycles. The van der Waals surface area contributed by atoms with Gasteiger partial charge in [0.15, 0.2) is 0 Å². The van der Waals surface area contributed by atoms with Crippen molar-refractivity contribution in [2.75, 3.05) is 17.1 Å². The summed E-state index contributed by atoms with van der Waals surface area (Å²) in [7, 11) is -3.84. The van der Waals surface area contributed by atoms with E-state index in [2.05, 4.69) is 5.32 Å². The van der Waals surface area contributed by atoms with Crippen LogP contribution in [0.25, 0.3) is 0 Å². The second-order valence-electron chi connectivity index (χ2n) is 10.4. The van der Waals surface area contributed by atoms with Crippen molar-refractivity contribution in [3.8, 4) is 0 Å². The van der Waals surface area contributed by atoms with Gasteiger partial charge >= 0.3 is 0 Å². The van der Waals surface area contributed by atoms with Crippen LogP contribution in [0.2, 0.25) is 10.0 Å². The van der Waals surface area contributed by atoms with E-state index in [1.165, 1.54) is 4.90 Å². The molecular weight excluding hydrogens is 581 g/mol. The number of halogens is 2. The molecule has 4 rings (SSSR count). The van der Waals surface area contributed by atoms with Crippen molar-refractivity contribution in [3.05, 3.63) is 100 Å². The Hall–Kier alpha value is -3.07. The third-order valence-electron chi connectivity index (χ3n) is 7.28. The number of amides is 2. The van der Waals surface area contributed by atoms with Gasteiger partial charge in [-0.3, -0.25) is 13.9 Å². The van der Waals surface area contributed by atoms with E-state index in [-0.39, 0.29) is 24.9 Å². The van der Waals surface area contributed by atoms with Gasteiger partial charge in [-0.2, -0.15) is 0 Å². The first-order valence-electron chi connectivity index (χ1n) is 13.7. The number of rotatable bonds is 11. The molecule has 218 valence electrons. The summed E-state index contributed by atoms with van der Waals surface area (Å²) in [5, 5.41) is 4.18. The third-order valence-corrected chi connectivity index (χ3v) is 8.93. The first kappa shape index (κ1) is 30.9. The van der Waals surface area contributed by atoms with Gasteiger partial charge in [0, 0.05) is 29.1 Å². The molecule has 7 nitrogen and oxygen atoms in total. The van der Waals surface area contributed by atoms with Crippen molar-refractivity contribution in [3.63, 3.8) is 0 Å². The van der Waals surface area contributed by atoms with Crippen LogP contribution < -0.4 is 9.62 Å². The van der Waals surface area contributed by atoms with Crippen LogP contribution in [-0.4, -0.2) is 50.0 Å². The maximum atomic E-state index is 14.1. The van der Waals surface area contributed by atoms with Gasteiger partial charge in [-0.05, 0) is 60.4 Å². The molecule has 0 heterocycles. The predicted octanol–water partition coefficient (Wildman–Crippen LogP) is 5.85. The lowest BCUT2D eigenvalue weighted by molar-refractivity contribution is -0.140. The zero-order chi connectivity index (χ0) is 29.4. The molecule has 0 aliphatic heterocycles. The first-order chi connectivity index (χ1) is 19.6. The zero-order valence-corrected chi connectivity index (χ0v) is 25.3. The minimum absolute atomic E-state index is 0.0450. The van der Waals surface area contributed by atoms with Gasteiger partial charge in [-0.15, -0.1) is 0 Å². The van der Waals surface area contributed by atoms with Crippen molar-refractivity contribution >= 4 is 50.7 Å². The molecule has 3 aromatic carbocycles. The summed E-state index contributed by atoms with van der Waals surface area (Å²) >= 11 is 12.1. The number of hydrogen-bond acceptors (Lipinski definition) is 4. The Morgan fingerprint density at radius 2 is 1.44 bits per heavy atom. The highest BCUT2D eigenvalue weighted by atomic mass is 35.5. The second-order valence-corrected chi connectivity index (χ2v) is 13.2. The fourth-order valence-corrected chi connectivity index (χ4v) is 6.21. The van der Waals surface area contributed by atoms with Gasteiger partial charge < -0.3 is 10.2 Å². The topological polar surface area (TPSA) is 86.8 Å². The van der Waals surface area contributed by atoms with E-state index in [1.807, 2.05) is 30.3 Å². The number of hydrogen-bond donors (Lipinski definition) is 1. The van der Waals surface area contributed by atoms with Crippen molar-refractivity contribution in [1.29, 1.82) is 0 Å². The lowest BCUT2D eigenvalue weighted by Gasteiger charge is -2.35. The van der Waals surface area contributed by atoms with Crippen molar-refractivity contribution < 1.29 is 18.0 Å². The van der Waals surface area contributed by atoms with Crippen molar-refractivity contribution in [2.24, 2.45) is 0 Å². The van der Waals surface area contributed by atoms with Gasteiger partial charge in [-0.25, -0.2) is 8.42 Å². The molecule has 0 unspecified atom stereocenters. The molecular formula is C31H35Cl2N3O4S. The lowest BCUT2D eigenvalue weighted by Crippen LogP contribution is -2.55. The van der Waals surface area contributed by atoms with Crippen LogP contribution in [0.1, 0.15) is 43.2 Å². The standard InChI is InChI=1S/C31H35Cl2N3O4S/c1-41(39,40)36(28-18-16-26(33)17-19-28)22-30(37)35(21-24-12-14-25(32)15-13-24)29(20-23-8-4-2-5-9-23)31(38)34-27-10-6-3-7-11-27/h2,4-5,8-9,12-19,27,29H,3,6-7,10-11,20-22H2,1H3,(H,34,38)/t29-/m1/s1. The average molecular weight is 617 g/mol. The van der Waals surface area contributed by atoms with E-state index in [0.29, 0.717) is 15.7 Å². The lowest BCUT2D eigenvalue weighted by atomic mass is 9.94. The smallest absolute Gasteiger partial charge is 0.244 e. The van der Waals surface area contributed by atoms with Crippen LogP contribution in [-0.2, 0) is 32.6 Å². The molecule has 3 aromatic rings. The summed E-state index contributed by atoms with van der Waals surface area (Å²) in [6.07, 6.45) is 6.36. The maximum absolute atomic E-state index is 14.1. The minimum atomic E-state index is -3.84. The summed E-state index contributed by atoms with van der Waals surface area (Å²) in [6, 6.07) is 22.0. The number of benzene rings is 3. The summed E-state index contributed by atoms with van der Waals surface area (Å²) < 4.78 is 26.8. The normalized spacial score (nSPS) is 14.7. The Morgan fingerprint density at radius 1 is 0.854 bits per heavy atom. The number of nitrogens with one attached hydrogen (secondary N) is 1. The number of anilines is 1. The summed E-state index contributed by atoms with van der Waals surface area (Å²) in [6.45, 7) is -0.375. The van der Waals surface area contributed by atoms with Gasteiger partial charge in [0.05, 0.1) is 11.9 Å². The molecule has 2 amide bonds. The van der Waals surface area contributed by atoms with Crippen LogP contribution in [0.15, 0.2) is 78.9 Å². The molecule has 0 aromatic heterocycles. The average Bonchev–Trinajstić information content (AvgIpc) is 2.95. The Balaban J connectivity index is 1.71. The third kappa shape index (κ3) is 8.96. The summed E-state index contributed by atoms with van der Waals surface area (Å²) in [5.41, 5.74) is 1.97. The molecule has 1 aliphatic rings. The molecule has 1 saturated carbocycles. The van der Waals surface area contributed by atoms with E-state index < -0.39 is 28.5 Å². The quantitative estimate of drug-likeness (QED) is 0.293. The van der Waals surface area contributed by atoms with Gasteiger partial charge in [0.2, 0.25) is 21.8 Å². The van der Waals surface area contributed by atoms with Crippen molar-refractivity contribution in [2.45, 2.75) is 57.2 Å². The van der Waals surface area contributed by atoms with E-state index in [4.69, 9.17) is 23.2 Å². The Kier molecular flexibility index (Phi) is 10.7. The van der Waals surface area contributed by atoms with E-state index in [0.717, 1.165) is 53.8 Å². The molecule has 1 N–H and O–H groups in total. The maximum Gasteiger partial charge on any atom is 0.244 e. The molecule has 0 spiro atoms. The molecule has 1 atom stereocenters. The fourth-order valence-electron chi connectivity index (χ4n) is 5.11. The molecule has 0 bridgehead atoms. The number of carbonyl (C=O) groups is 2. The molecule has 41 heavy (non-hydrogen) atoms. The molecule has 10 heteroatoms. The largest absolute Gasteiger partial charge is 0.352 e. The van der Waals surface area contributed by atoms with Crippen molar-refractivity contribution in [1.82, 2.24) is 10.2 Å². The van der Waals surface area contributed by atoms with Gasteiger partial charge in [-0.1, -0.05) is 84.9 Å². The fraction of sp³-hybridized carbons (Fsp3) is 0.355. The minimum Gasteiger partial charge on any atom is -0.352 e. The van der Waals surface area contributed by atoms with Crippen LogP contribution >= 0.6 is 23.2 Å². The highest BCUT2D eigenvalue weighted by molar-refractivity contribution is 7.92. The Labute approximate surface area is 252 Å². The molecule has 1 fully saturated rings. The molecule has 0 saturated heterocycles. The summed E-state index contributed by atoms with van der Waals surface area (Å²) in [5.74, 6) is -0.750. The van der Waals surface area contributed by atoms with E-state index in [9.17, 15) is 18.0 Å². The summed E-state index contributed by atoms with van der Waals surface area (Å²) in [4.78, 5) is 29.5. The number of carbonyl (C=O) groups excluding carboxylic acids is 2. The highest BCUT2D eigenvalue weighted by Crippen LogP contribution is 2.23. The predicted molar refractivity (Wildman–Crippen MR) is 165 cm³/mol. The molecule has 0 radical (unpaired) electrons. The van der Waals surface area contributed by atoms with Gasteiger partial charge in [0.1, 0.15) is 12.6 Å². The Bertz CT molecular complexity index is 1410.